The van der Waals surface area contributed by atoms with Crippen LogP contribution in [0.1, 0.15) is 6.92 Å². The Bertz CT molecular complexity index is 169. The number of alkyl carbamates (subject to hydrolysis) is 1. The molecule has 0 saturated heterocycles. The summed E-state index contributed by atoms with van der Waals surface area (Å²) in [4.78, 5) is 20.0. The maximum atomic E-state index is 10.1. The Morgan fingerprint density at radius 1 is 1.67 bits per heavy atom. The van der Waals surface area contributed by atoms with Gasteiger partial charge in [-0.05, 0) is 0 Å². The SMILES string of the molecule is CC(=O)OC(=O)NC#N. The van der Waals surface area contributed by atoms with Crippen molar-refractivity contribution in [1.29, 1.82) is 5.26 Å². The van der Waals surface area contributed by atoms with Crippen molar-refractivity contribution in [3.8, 4) is 6.19 Å². The van der Waals surface area contributed by atoms with Gasteiger partial charge in [-0.2, -0.15) is 5.26 Å². The van der Waals surface area contributed by atoms with E-state index in [0.29, 0.717) is 0 Å². The Kier molecular flexibility index (Phi) is 2.84. The highest BCUT2D eigenvalue weighted by molar-refractivity contribution is 5.83. The van der Waals surface area contributed by atoms with Crippen molar-refractivity contribution in [2.24, 2.45) is 0 Å². The monoisotopic (exact) mass is 128 g/mol. The first kappa shape index (κ1) is 7.43. The lowest BCUT2D eigenvalue weighted by atomic mass is 10.8. The summed E-state index contributed by atoms with van der Waals surface area (Å²) in [6.45, 7) is 1.07. The third-order valence-corrected chi connectivity index (χ3v) is 0.394. The van der Waals surface area contributed by atoms with Crippen LogP contribution in [0.3, 0.4) is 0 Å². The molecule has 48 valence electrons. The smallest absolute Gasteiger partial charge is 0.376 e. The highest BCUT2D eigenvalue weighted by Crippen LogP contribution is 1.75. The molecule has 0 aromatic rings. The van der Waals surface area contributed by atoms with Crippen molar-refractivity contribution < 1.29 is 14.3 Å². The molecule has 0 aliphatic heterocycles. The summed E-state index contributed by atoms with van der Waals surface area (Å²) in [6, 6.07) is 0. The first-order valence-electron chi connectivity index (χ1n) is 2.04. The van der Waals surface area contributed by atoms with Gasteiger partial charge in [0.25, 0.3) is 0 Å². The minimum Gasteiger partial charge on any atom is -0.376 e. The molecule has 0 aromatic carbocycles. The Morgan fingerprint density at radius 3 is 2.56 bits per heavy atom. The molecule has 0 bridgehead atoms. The van der Waals surface area contributed by atoms with Gasteiger partial charge >= 0.3 is 12.1 Å². The van der Waals surface area contributed by atoms with Gasteiger partial charge in [-0.3, -0.25) is 4.79 Å². The quantitative estimate of drug-likeness (QED) is 0.211. The molecule has 0 unspecified atom stereocenters. The van der Waals surface area contributed by atoms with Crippen LogP contribution in [-0.2, 0) is 9.53 Å². The summed E-state index contributed by atoms with van der Waals surface area (Å²) in [5, 5.41) is 9.38. The number of rotatable bonds is 0. The van der Waals surface area contributed by atoms with Crippen molar-refractivity contribution >= 4 is 12.1 Å². The molecule has 9 heavy (non-hydrogen) atoms. The normalized spacial score (nSPS) is 7.11. The lowest BCUT2D eigenvalue weighted by molar-refractivity contribution is -0.134. The molecule has 0 rings (SSSR count). The number of esters is 1. The van der Waals surface area contributed by atoms with Crippen LogP contribution in [0.5, 0.6) is 0 Å². The first-order chi connectivity index (χ1) is 4.16. The minimum absolute atomic E-state index is 0.747. The van der Waals surface area contributed by atoms with Gasteiger partial charge in [-0.15, -0.1) is 0 Å². The first-order valence-corrected chi connectivity index (χ1v) is 2.04. The number of hydrogen-bond acceptors (Lipinski definition) is 4. The second kappa shape index (κ2) is 3.43. The summed E-state index contributed by atoms with van der Waals surface area (Å²) < 4.78 is 3.88. The summed E-state index contributed by atoms with van der Waals surface area (Å²) in [7, 11) is 0. The highest BCUT2D eigenvalue weighted by atomic mass is 16.6. The molecule has 0 heterocycles. The average Bonchev–Trinajstić information content (AvgIpc) is 1.63. The summed E-state index contributed by atoms with van der Waals surface area (Å²) in [5.74, 6) is -0.747. The van der Waals surface area contributed by atoms with Crippen molar-refractivity contribution in [2.45, 2.75) is 6.92 Å². The van der Waals surface area contributed by atoms with Gasteiger partial charge in [0.2, 0.25) is 0 Å². The van der Waals surface area contributed by atoms with Crippen LogP contribution >= 0.6 is 0 Å². The number of nitrogens with zero attached hydrogens (tertiary/aromatic N) is 1. The van der Waals surface area contributed by atoms with E-state index < -0.39 is 12.1 Å². The topological polar surface area (TPSA) is 79.2 Å². The average molecular weight is 128 g/mol. The molecule has 0 saturated carbocycles. The van der Waals surface area contributed by atoms with E-state index in [4.69, 9.17) is 5.26 Å². The molecule has 1 N–H and O–H groups in total. The van der Waals surface area contributed by atoms with E-state index in [1.807, 2.05) is 0 Å². The van der Waals surface area contributed by atoms with Gasteiger partial charge in [0.1, 0.15) is 0 Å². The van der Waals surface area contributed by atoms with Crippen LogP contribution < -0.4 is 5.32 Å². The summed E-state index contributed by atoms with van der Waals surface area (Å²) in [5.41, 5.74) is 0. The third kappa shape index (κ3) is 4.28. The summed E-state index contributed by atoms with van der Waals surface area (Å²) in [6.07, 6.45) is 0.245. The van der Waals surface area contributed by atoms with E-state index in [0.717, 1.165) is 6.92 Å². The van der Waals surface area contributed by atoms with Gasteiger partial charge in [0.05, 0.1) is 0 Å². The fourth-order valence-corrected chi connectivity index (χ4v) is 0.202. The zero-order chi connectivity index (χ0) is 7.28. The Labute approximate surface area is 51.2 Å². The largest absolute Gasteiger partial charge is 0.428 e. The maximum Gasteiger partial charge on any atom is 0.428 e. The highest BCUT2D eigenvalue weighted by Gasteiger charge is 2.01. The maximum absolute atomic E-state index is 10.1. The van der Waals surface area contributed by atoms with Crippen molar-refractivity contribution in [1.82, 2.24) is 5.32 Å². The van der Waals surface area contributed by atoms with E-state index in [1.54, 1.807) is 5.32 Å². The fourth-order valence-electron chi connectivity index (χ4n) is 0.202. The number of amides is 1. The van der Waals surface area contributed by atoms with Crippen LogP contribution in [0, 0.1) is 11.5 Å². The molecule has 0 aliphatic rings. The second-order valence-electron chi connectivity index (χ2n) is 1.12. The number of hydrogen-bond donors (Lipinski definition) is 1. The van der Waals surface area contributed by atoms with Crippen LogP contribution in [-0.4, -0.2) is 12.1 Å². The van der Waals surface area contributed by atoms with E-state index in [9.17, 15) is 9.59 Å². The molecule has 5 nitrogen and oxygen atoms in total. The lowest BCUT2D eigenvalue weighted by Gasteiger charge is -1.92. The molecule has 0 radical (unpaired) electrons. The van der Waals surface area contributed by atoms with Gasteiger partial charge in [0, 0.05) is 6.92 Å². The molecule has 0 aromatic heterocycles. The van der Waals surface area contributed by atoms with Crippen molar-refractivity contribution in [3.63, 3.8) is 0 Å². The van der Waals surface area contributed by atoms with E-state index in [1.165, 1.54) is 6.19 Å². The van der Waals surface area contributed by atoms with Crippen molar-refractivity contribution in [3.05, 3.63) is 0 Å². The predicted molar refractivity (Wildman–Crippen MR) is 25.9 cm³/mol. The standard InChI is InChI=1S/C4H4N2O3/c1-3(7)9-4(8)6-2-5/h1H3,(H,6,8). The Morgan fingerprint density at radius 2 is 2.22 bits per heavy atom. The zero-order valence-electron chi connectivity index (χ0n) is 4.67. The van der Waals surface area contributed by atoms with Gasteiger partial charge in [-0.1, -0.05) is 0 Å². The van der Waals surface area contributed by atoms with E-state index in [2.05, 4.69) is 4.74 Å². The predicted octanol–water partition coefficient (Wildman–Crippen LogP) is -0.260. The van der Waals surface area contributed by atoms with Gasteiger partial charge in [0.15, 0.2) is 6.19 Å². The Balaban J connectivity index is 3.54. The van der Waals surface area contributed by atoms with Gasteiger partial charge in [-0.25, -0.2) is 10.1 Å². The van der Waals surface area contributed by atoms with E-state index >= 15 is 0 Å². The van der Waals surface area contributed by atoms with Crippen molar-refractivity contribution in [2.75, 3.05) is 0 Å². The number of nitriles is 1. The molecule has 5 heteroatoms. The van der Waals surface area contributed by atoms with Crippen LogP contribution in [0.4, 0.5) is 4.79 Å². The minimum atomic E-state index is -1.05. The van der Waals surface area contributed by atoms with Crippen LogP contribution in [0.25, 0.3) is 0 Å². The third-order valence-electron chi connectivity index (χ3n) is 0.394. The number of carbonyl (C=O) groups excluding carboxylic acids is 2. The number of ether oxygens (including phenoxy) is 1. The second-order valence-corrected chi connectivity index (χ2v) is 1.12. The fraction of sp³-hybridized carbons (Fsp3) is 0.250. The number of nitrogens with one attached hydrogen (secondary N) is 1. The van der Waals surface area contributed by atoms with Crippen LogP contribution in [0.2, 0.25) is 0 Å². The molecular formula is C4H4N2O3. The Hall–Kier alpha value is -1.57. The molecular weight excluding hydrogens is 124 g/mol. The molecule has 0 fully saturated rings. The molecule has 0 aliphatic carbocycles. The number of carbonyl (C=O) groups is 2. The molecule has 0 spiro atoms. The summed E-state index contributed by atoms with van der Waals surface area (Å²) >= 11 is 0. The zero-order valence-corrected chi connectivity index (χ0v) is 4.67. The molecule has 1 amide bonds. The van der Waals surface area contributed by atoms with Crippen LogP contribution in [0.15, 0.2) is 0 Å². The lowest BCUT2D eigenvalue weighted by Crippen LogP contribution is -2.20. The van der Waals surface area contributed by atoms with Gasteiger partial charge < -0.3 is 4.74 Å². The van der Waals surface area contributed by atoms with E-state index in [-0.39, 0.29) is 0 Å². The molecule has 0 atom stereocenters.